The van der Waals surface area contributed by atoms with Crippen LogP contribution in [0.5, 0.6) is 0 Å². The first-order chi connectivity index (χ1) is 12.2. The Hall–Kier alpha value is -2.56. The maximum atomic E-state index is 12.4. The van der Waals surface area contributed by atoms with Crippen LogP contribution in [0.4, 0.5) is 5.69 Å². The largest absolute Gasteiger partial charge is 0.459 e. The van der Waals surface area contributed by atoms with Crippen molar-refractivity contribution in [2.45, 2.75) is 51.0 Å². The van der Waals surface area contributed by atoms with Crippen molar-refractivity contribution in [2.75, 3.05) is 5.32 Å². The molecule has 1 aliphatic rings. The van der Waals surface area contributed by atoms with E-state index < -0.39 is 0 Å². The minimum absolute atomic E-state index is 0.0468. The molecule has 0 aliphatic heterocycles. The van der Waals surface area contributed by atoms with E-state index in [1.807, 2.05) is 0 Å². The van der Waals surface area contributed by atoms with Crippen LogP contribution in [-0.2, 0) is 0 Å². The molecule has 2 aromatic rings. The molecule has 1 aromatic carbocycles. The van der Waals surface area contributed by atoms with Crippen LogP contribution in [0.15, 0.2) is 47.1 Å². The summed E-state index contributed by atoms with van der Waals surface area (Å²) < 4.78 is 5.06. The van der Waals surface area contributed by atoms with Gasteiger partial charge in [-0.3, -0.25) is 9.59 Å². The van der Waals surface area contributed by atoms with E-state index in [1.165, 1.54) is 38.4 Å². The molecule has 5 heteroatoms. The molecular weight excluding hydrogens is 316 g/mol. The van der Waals surface area contributed by atoms with Gasteiger partial charge >= 0.3 is 0 Å². The normalized spacial score (nSPS) is 15.8. The zero-order valence-corrected chi connectivity index (χ0v) is 14.3. The molecule has 0 spiro atoms. The molecule has 0 unspecified atom stereocenters. The number of hydrogen-bond acceptors (Lipinski definition) is 3. The molecule has 5 nitrogen and oxygen atoms in total. The van der Waals surface area contributed by atoms with E-state index in [0.717, 1.165) is 12.8 Å². The van der Waals surface area contributed by atoms with Crippen molar-refractivity contribution >= 4 is 17.5 Å². The van der Waals surface area contributed by atoms with Crippen molar-refractivity contribution in [1.82, 2.24) is 5.32 Å². The average molecular weight is 340 g/mol. The van der Waals surface area contributed by atoms with E-state index in [0.29, 0.717) is 11.3 Å². The van der Waals surface area contributed by atoms with Crippen LogP contribution < -0.4 is 10.6 Å². The summed E-state index contributed by atoms with van der Waals surface area (Å²) in [4.78, 5) is 24.4. The van der Waals surface area contributed by atoms with E-state index in [9.17, 15) is 9.59 Å². The lowest BCUT2D eigenvalue weighted by molar-refractivity contribution is 0.0930. The Kier molecular flexibility index (Phi) is 5.88. The molecule has 1 heterocycles. The first kappa shape index (κ1) is 17.3. The average Bonchev–Trinajstić information content (AvgIpc) is 3.12. The monoisotopic (exact) mass is 340 g/mol. The van der Waals surface area contributed by atoms with Crippen LogP contribution >= 0.6 is 0 Å². The van der Waals surface area contributed by atoms with Crippen molar-refractivity contribution in [3.05, 3.63) is 54.0 Å². The highest BCUT2D eigenvalue weighted by Gasteiger charge is 2.15. The van der Waals surface area contributed by atoms with E-state index in [1.54, 1.807) is 36.4 Å². The number of furan rings is 1. The minimum Gasteiger partial charge on any atom is -0.459 e. The number of benzene rings is 1. The van der Waals surface area contributed by atoms with Crippen molar-refractivity contribution in [1.29, 1.82) is 0 Å². The second kappa shape index (κ2) is 8.51. The summed E-state index contributed by atoms with van der Waals surface area (Å²) in [6.07, 6.45) is 9.77. The Morgan fingerprint density at radius 3 is 2.20 bits per heavy atom. The van der Waals surface area contributed by atoms with Crippen molar-refractivity contribution in [2.24, 2.45) is 0 Å². The van der Waals surface area contributed by atoms with Gasteiger partial charge in [-0.2, -0.15) is 0 Å². The van der Waals surface area contributed by atoms with Crippen molar-refractivity contribution < 1.29 is 14.0 Å². The van der Waals surface area contributed by atoms with E-state index in [2.05, 4.69) is 10.6 Å². The molecule has 1 saturated carbocycles. The zero-order chi connectivity index (χ0) is 17.5. The highest BCUT2D eigenvalue weighted by atomic mass is 16.3. The lowest BCUT2D eigenvalue weighted by atomic mass is 9.96. The van der Waals surface area contributed by atoms with Gasteiger partial charge in [-0.15, -0.1) is 0 Å². The molecule has 1 aromatic heterocycles. The van der Waals surface area contributed by atoms with Crippen LogP contribution in [0.3, 0.4) is 0 Å². The maximum absolute atomic E-state index is 12.4. The van der Waals surface area contributed by atoms with Gasteiger partial charge in [0, 0.05) is 17.3 Å². The van der Waals surface area contributed by atoms with E-state index >= 15 is 0 Å². The van der Waals surface area contributed by atoms with Crippen LogP contribution in [0.1, 0.15) is 65.9 Å². The SMILES string of the molecule is O=C(NC1CCCCCCC1)c1ccc(NC(=O)c2ccco2)cc1. The fourth-order valence-corrected chi connectivity index (χ4v) is 3.17. The number of carbonyl (C=O) groups is 2. The molecular formula is C20H24N2O3. The van der Waals surface area contributed by atoms with Crippen molar-refractivity contribution in [3.8, 4) is 0 Å². The number of nitrogens with one attached hydrogen (secondary N) is 2. The standard InChI is InChI=1S/C20H24N2O3/c23-19(21-16-7-4-2-1-3-5-8-16)15-10-12-17(13-11-15)22-20(24)18-9-6-14-25-18/h6,9-14,16H,1-5,7-8H2,(H,21,23)(H,22,24). The smallest absolute Gasteiger partial charge is 0.291 e. The highest BCUT2D eigenvalue weighted by molar-refractivity contribution is 6.02. The molecule has 0 atom stereocenters. The van der Waals surface area contributed by atoms with Crippen LogP contribution in [0.25, 0.3) is 0 Å². The van der Waals surface area contributed by atoms with Gasteiger partial charge in [-0.1, -0.05) is 32.1 Å². The Morgan fingerprint density at radius 2 is 1.56 bits per heavy atom. The minimum atomic E-state index is -0.309. The molecule has 132 valence electrons. The molecule has 1 aliphatic carbocycles. The number of hydrogen-bond donors (Lipinski definition) is 2. The van der Waals surface area contributed by atoms with Gasteiger partial charge in [0.2, 0.25) is 0 Å². The fraction of sp³-hybridized carbons (Fsp3) is 0.400. The Bertz CT molecular complexity index is 684. The molecule has 3 rings (SSSR count). The fourth-order valence-electron chi connectivity index (χ4n) is 3.17. The number of rotatable bonds is 4. The molecule has 25 heavy (non-hydrogen) atoms. The summed E-state index contributed by atoms with van der Waals surface area (Å²) in [7, 11) is 0. The van der Waals surface area contributed by atoms with Gasteiger partial charge in [0.15, 0.2) is 5.76 Å². The summed E-state index contributed by atoms with van der Waals surface area (Å²) in [5.74, 6) is -0.0997. The lowest BCUT2D eigenvalue weighted by Crippen LogP contribution is -2.35. The molecule has 0 saturated heterocycles. The molecule has 0 bridgehead atoms. The maximum Gasteiger partial charge on any atom is 0.291 e. The first-order valence-electron chi connectivity index (χ1n) is 8.98. The topological polar surface area (TPSA) is 71.3 Å². The first-order valence-corrected chi connectivity index (χ1v) is 8.98. The Morgan fingerprint density at radius 1 is 0.880 bits per heavy atom. The summed E-state index contributed by atoms with van der Waals surface area (Å²) in [5, 5.41) is 5.89. The van der Waals surface area contributed by atoms with Crippen LogP contribution in [-0.4, -0.2) is 17.9 Å². The third-order valence-corrected chi connectivity index (χ3v) is 4.59. The van der Waals surface area contributed by atoms with Crippen LogP contribution in [0.2, 0.25) is 0 Å². The number of anilines is 1. The quantitative estimate of drug-likeness (QED) is 0.868. The third kappa shape index (κ3) is 4.95. The van der Waals surface area contributed by atoms with E-state index in [-0.39, 0.29) is 23.6 Å². The summed E-state index contributed by atoms with van der Waals surface area (Å²) in [6, 6.07) is 10.5. The van der Waals surface area contributed by atoms with Crippen LogP contribution in [0, 0.1) is 0 Å². The summed E-state index contributed by atoms with van der Waals surface area (Å²) in [6.45, 7) is 0. The number of carbonyl (C=O) groups excluding carboxylic acids is 2. The predicted molar refractivity (Wildman–Crippen MR) is 96.7 cm³/mol. The number of amides is 2. The Labute approximate surface area is 147 Å². The van der Waals surface area contributed by atoms with Gasteiger partial charge in [0.1, 0.15) is 0 Å². The Balaban J connectivity index is 1.55. The molecule has 0 radical (unpaired) electrons. The van der Waals surface area contributed by atoms with Gasteiger partial charge < -0.3 is 15.1 Å². The van der Waals surface area contributed by atoms with E-state index in [4.69, 9.17) is 4.42 Å². The second-order valence-electron chi connectivity index (χ2n) is 6.52. The molecule has 1 fully saturated rings. The van der Waals surface area contributed by atoms with Gasteiger partial charge in [-0.25, -0.2) is 0 Å². The highest BCUT2D eigenvalue weighted by Crippen LogP contribution is 2.18. The summed E-state index contributed by atoms with van der Waals surface area (Å²) in [5.41, 5.74) is 1.24. The predicted octanol–water partition coefficient (Wildman–Crippen LogP) is 4.37. The molecule has 2 amide bonds. The van der Waals surface area contributed by atoms with Gasteiger partial charge in [-0.05, 0) is 49.2 Å². The van der Waals surface area contributed by atoms with Gasteiger partial charge in [0.05, 0.1) is 6.26 Å². The lowest BCUT2D eigenvalue weighted by Gasteiger charge is -2.21. The molecule has 2 N–H and O–H groups in total. The van der Waals surface area contributed by atoms with Gasteiger partial charge in [0.25, 0.3) is 11.8 Å². The second-order valence-corrected chi connectivity index (χ2v) is 6.52. The van der Waals surface area contributed by atoms with Crippen molar-refractivity contribution in [3.63, 3.8) is 0 Å². The third-order valence-electron chi connectivity index (χ3n) is 4.59. The summed E-state index contributed by atoms with van der Waals surface area (Å²) >= 11 is 0. The zero-order valence-electron chi connectivity index (χ0n) is 14.3.